The van der Waals surface area contributed by atoms with Crippen LogP contribution in [0.2, 0.25) is 0 Å². The predicted octanol–water partition coefficient (Wildman–Crippen LogP) is 6.59. The number of aliphatic carboxylic acids is 1. The summed E-state index contributed by atoms with van der Waals surface area (Å²) in [5, 5.41) is 25.0. The van der Waals surface area contributed by atoms with Crippen LogP contribution in [0.4, 0.5) is 9.59 Å². The van der Waals surface area contributed by atoms with Crippen LogP contribution >= 0.6 is 0 Å². The minimum Gasteiger partial charge on any atom is -0.491 e. The lowest BCUT2D eigenvalue weighted by molar-refractivity contribution is -0.138. The number of alkyl carbamates (subject to hydrolysis) is 2. The molecule has 3 aromatic carbocycles. The molecule has 5 N–H and O–H groups in total. The number of carbonyl (C=O) groups is 5. The maximum Gasteiger partial charge on any atom is 0.414 e. The summed E-state index contributed by atoms with van der Waals surface area (Å²) in [6, 6.07) is 18.1. The number of ether oxygens (including phenoxy) is 7. The number of hydrogen-bond donors (Lipinski definition) is 5. The van der Waals surface area contributed by atoms with E-state index in [2.05, 4.69) is 36.3 Å². The Morgan fingerprint density at radius 3 is 1.79 bits per heavy atom. The first-order chi connectivity index (χ1) is 32.4. The molecule has 0 aliphatic rings. The van der Waals surface area contributed by atoms with Crippen molar-refractivity contribution in [1.82, 2.24) is 21.3 Å². The molecular formula is C47H66N8O13. The number of carboxylic acids is 1. The number of rotatable bonds is 28. The summed E-state index contributed by atoms with van der Waals surface area (Å²) < 4.78 is 38.4. The highest BCUT2D eigenvalue weighted by Crippen LogP contribution is 2.35. The summed E-state index contributed by atoms with van der Waals surface area (Å²) in [6.07, 6.45) is -1.20. The van der Waals surface area contributed by atoms with Crippen LogP contribution in [0.5, 0.6) is 5.75 Å². The van der Waals surface area contributed by atoms with Crippen molar-refractivity contribution in [2.75, 3.05) is 79.1 Å². The van der Waals surface area contributed by atoms with Crippen LogP contribution in [-0.4, -0.2) is 131 Å². The van der Waals surface area contributed by atoms with Gasteiger partial charge in [0, 0.05) is 29.8 Å². The lowest BCUT2D eigenvalue weighted by Crippen LogP contribution is -2.47. The predicted molar refractivity (Wildman–Crippen MR) is 253 cm³/mol. The molecule has 0 saturated carbocycles. The third-order valence-corrected chi connectivity index (χ3v) is 8.99. The number of carboxylic acid groups (broad SMARTS) is 1. The van der Waals surface area contributed by atoms with Crippen molar-refractivity contribution >= 4 is 46.7 Å². The van der Waals surface area contributed by atoms with Crippen molar-refractivity contribution in [3.63, 3.8) is 0 Å². The average Bonchev–Trinajstić information content (AvgIpc) is 3.26. The summed E-state index contributed by atoms with van der Waals surface area (Å²) in [5.74, 6) is -1.56. The number of fused-ring (bicyclic) bond motifs is 1. The van der Waals surface area contributed by atoms with Gasteiger partial charge in [-0.3, -0.25) is 30.0 Å². The molecule has 68 heavy (non-hydrogen) atoms. The van der Waals surface area contributed by atoms with Crippen LogP contribution in [0.25, 0.3) is 32.3 Å². The molecule has 0 heterocycles. The first-order valence-electron chi connectivity index (χ1n) is 22.3. The molecule has 3 rings (SSSR count). The van der Waals surface area contributed by atoms with E-state index in [0.29, 0.717) is 83.6 Å². The Hall–Kier alpha value is -6.51. The number of nitrogens with zero attached hydrogens (tertiary/aromatic N) is 4. The Morgan fingerprint density at radius 2 is 1.24 bits per heavy atom. The van der Waals surface area contributed by atoms with Gasteiger partial charge in [0.25, 0.3) is 0 Å². The van der Waals surface area contributed by atoms with Gasteiger partial charge in [0.05, 0.1) is 71.9 Å². The summed E-state index contributed by atoms with van der Waals surface area (Å²) in [6.45, 7) is 13.7. The monoisotopic (exact) mass is 950 g/mol. The molecule has 372 valence electrons. The minimum absolute atomic E-state index is 0.0597. The number of hydrogen-bond acceptors (Lipinski definition) is 14. The van der Waals surface area contributed by atoms with Gasteiger partial charge in [-0.2, -0.15) is 0 Å². The molecule has 0 aromatic heterocycles. The number of azide groups is 1. The van der Waals surface area contributed by atoms with Crippen LogP contribution in [0, 0.1) is 0 Å². The largest absolute Gasteiger partial charge is 0.491 e. The molecule has 0 spiro atoms. The Balaban J connectivity index is 1.46. The van der Waals surface area contributed by atoms with Crippen molar-refractivity contribution in [2.45, 2.75) is 84.5 Å². The lowest BCUT2D eigenvalue weighted by atomic mass is 9.95. The summed E-state index contributed by atoms with van der Waals surface area (Å²) >= 11 is 0. The van der Waals surface area contributed by atoms with Crippen molar-refractivity contribution < 1.29 is 62.2 Å². The van der Waals surface area contributed by atoms with Crippen LogP contribution in [0.1, 0.15) is 78.8 Å². The van der Waals surface area contributed by atoms with E-state index >= 15 is 0 Å². The Bertz CT molecular complexity index is 2120. The fraction of sp³-hybridized carbons (Fsp3) is 0.532. The highest BCUT2D eigenvalue weighted by Gasteiger charge is 2.22. The molecule has 0 unspecified atom stereocenters. The van der Waals surface area contributed by atoms with Crippen molar-refractivity contribution in [2.24, 2.45) is 10.1 Å². The normalized spacial score (nSPS) is 11.7. The van der Waals surface area contributed by atoms with Gasteiger partial charge in [0.2, 0.25) is 17.8 Å². The van der Waals surface area contributed by atoms with Crippen molar-refractivity contribution in [1.29, 1.82) is 0 Å². The van der Waals surface area contributed by atoms with Gasteiger partial charge in [0.1, 0.15) is 23.6 Å². The van der Waals surface area contributed by atoms with Crippen LogP contribution in [0.15, 0.2) is 70.8 Å². The van der Waals surface area contributed by atoms with Gasteiger partial charge >= 0.3 is 18.2 Å². The molecule has 3 aromatic rings. The number of amides is 4. The van der Waals surface area contributed by atoms with Crippen molar-refractivity contribution in [3.05, 3.63) is 76.7 Å². The van der Waals surface area contributed by atoms with Gasteiger partial charge in [0.15, 0.2) is 0 Å². The first-order valence-corrected chi connectivity index (χ1v) is 22.3. The number of guanidine groups is 1. The molecule has 4 amide bonds. The number of unbranched alkanes of at least 4 members (excludes halogenated alkanes) is 1. The zero-order valence-corrected chi connectivity index (χ0v) is 39.8. The maximum absolute atomic E-state index is 12.9. The lowest BCUT2D eigenvalue weighted by Gasteiger charge is -2.22. The molecule has 0 aliphatic heterocycles. The minimum atomic E-state index is -1.11. The van der Waals surface area contributed by atoms with Crippen molar-refractivity contribution in [3.8, 4) is 16.9 Å². The molecule has 0 radical (unpaired) electrons. The molecule has 1 atom stereocenters. The van der Waals surface area contributed by atoms with E-state index in [1.54, 1.807) is 53.7 Å². The standard InChI is InChI=1S/C47H66N8O13/c1-46(2,3)67-44(60)53-43(54-45(61)68-47(4,5)6)49-20-10-9-13-40(56)50-32-41(57)52-38(31-42(58)59)34-16-14-33(15-17-34)35-18-19-39(37-12-8-7-11-36(35)37)66-30-29-65-28-27-64-26-25-63-24-23-62-22-21-51-55-48/h7-8,11-12,14-19,38H,9-10,13,20-32H2,1-6H3,(H,50,56)(H,52,57)(H,58,59)(H2,49,53,54,60,61)/t38-/m0/s1. The van der Waals surface area contributed by atoms with E-state index in [4.69, 9.17) is 38.7 Å². The fourth-order valence-electron chi connectivity index (χ4n) is 6.10. The van der Waals surface area contributed by atoms with Crippen LogP contribution in [0.3, 0.4) is 0 Å². The first kappa shape index (κ1) is 55.8. The second-order valence-corrected chi connectivity index (χ2v) is 17.0. The molecule has 0 saturated heterocycles. The maximum atomic E-state index is 12.9. The molecular weight excluding hydrogens is 885 g/mol. The number of aliphatic imine (C=N–C) groups is 1. The molecule has 0 bridgehead atoms. The van der Waals surface area contributed by atoms with Gasteiger partial charge < -0.3 is 48.9 Å². The third kappa shape index (κ3) is 23.8. The summed E-state index contributed by atoms with van der Waals surface area (Å²) in [5.41, 5.74) is 9.02. The Morgan fingerprint density at radius 1 is 0.676 bits per heavy atom. The molecule has 21 nitrogen and oxygen atoms in total. The van der Waals surface area contributed by atoms with Crippen LogP contribution in [-0.2, 0) is 42.8 Å². The van der Waals surface area contributed by atoms with E-state index in [1.165, 1.54) is 0 Å². The van der Waals surface area contributed by atoms with E-state index in [-0.39, 0.29) is 38.4 Å². The number of carbonyl (C=O) groups excluding carboxylic acids is 4. The highest BCUT2D eigenvalue weighted by atomic mass is 16.6. The molecule has 21 heteroatoms. The van der Waals surface area contributed by atoms with E-state index in [0.717, 1.165) is 21.9 Å². The number of benzene rings is 3. The highest BCUT2D eigenvalue weighted by molar-refractivity contribution is 6.01. The topological polar surface area (TPSA) is 279 Å². The van der Waals surface area contributed by atoms with E-state index in [1.807, 2.05) is 48.5 Å². The zero-order valence-electron chi connectivity index (χ0n) is 39.8. The number of nitrogens with one attached hydrogen (secondary N) is 4. The van der Waals surface area contributed by atoms with Gasteiger partial charge in [-0.05, 0) is 88.1 Å². The summed E-state index contributed by atoms with van der Waals surface area (Å²) in [7, 11) is 0. The van der Waals surface area contributed by atoms with Gasteiger partial charge in [-0.1, -0.05) is 59.7 Å². The Kier molecular flexibility index (Phi) is 24.6. The SMILES string of the molecule is CC(C)(C)OC(=O)NC(=NCCCCC(=O)NCC(=O)N[C@@H](CC(=O)O)c1ccc(-c2ccc(OCCOCCOCCOCCOCCN=[N+]=[N-])c3ccccc23)cc1)NC(=O)OC(C)(C)C. The van der Waals surface area contributed by atoms with Gasteiger partial charge in [-0.15, -0.1) is 0 Å². The van der Waals surface area contributed by atoms with E-state index < -0.39 is 47.2 Å². The second kappa shape index (κ2) is 30.0. The molecule has 0 fully saturated rings. The zero-order chi connectivity index (χ0) is 49.8. The average molecular weight is 951 g/mol. The smallest absolute Gasteiger partial charge is 0.414 e. The van der Waals surface area contributed by atoms with Crippen LogP contribution < -0.4 is 26.0 Å². The fourth-order valence-corrected chi connectivity index (χ4v) is 6.10. The van der Waals surface area contributed by atoms with E-state index in [9.17, 15) is 29.1 Å². The quantitative estimate of drug-likeness (QED) is 0.0129. The summed E-state index contributed by atoms with van der Waals surface area (Å²) in [4.78, 5) is 68.9. The Labute approximate surface area is 396 Å². The third-order valence-electron chi connectivity index (χ3n) is 8.99. The van der Waals surface area contributed by atoms with Gasteiger partial charge in [-0.25, -0.2) is 9.59 Å². The molecule has 0 aliphatic carbocycles. The second-order valence-electron chi connectivity index (χ2n) is 17.0.